The lowest BCUT2D eigenvalue weighted by atomic mass is 10.2. The maximum atomic E-state index is 10.9. The number of aromatic nitrogens is 4. The first-order chi connectivity index (χ1) is 9.16. The van der Waals surface area contributed by atoms with Gasteiger partial charge in [0.2, 0.25) is 0 Å². The van der Waals surface area contributed by atoms with Gasteiger partial charge in [0.05, 0.1) is 5.52 Å². The molecule has 0 amide bonds. The van der Waals surface area contributed by atoms with Gasteiger partial charge >= 0.3 is 5.97 Å². The van der Waals surface area contributed by atoms with Gasteiger partial charge in [0.1, 0.15) is 11.6 Å². The van der Waals surface area contributed by atoms with Gasteiger partial charge in [-0.05, 0) is 19.1 Å². The number of aliphatic carboxylic acids is 1. The molecule has 0 aliphatic carbocycles. The molecule has 0 aliphatic heterocycles. The van der Waals surface area contributed by atoms with E-state index < -0.39 is 11.2 Å². The highest BCUT2D eigenvalue weighted by molar-refractivity contribution is 8.00. The van der Waals surface area contributed by atoms with Crippen molar-refractivity contribution in [3.05, 3.63) is 30.6 Å². The van der Waals surface area contributed by atoms with Crippen LogP contribution in [0, 0.1) is 0 Å². The fraction of sp³-hybridized carbons (Fsp3) is 0.167. The molecular formula is C12H10N4O2S. The summed E-state index contributed by atoms with van der Waals surface area (Å²) >= 11 is 1.15. The van der Waals surface area contributed by atoms with E-state index in [1.165, 1.54) is 0 Å². The molecule has 0 saturated carbocycles. The number of nitrogens with zero attached hydrogens (tertiary/aromatic N) is 4. The maximum absolute atomic E-state index is 10.9. The van der Waals surface area contributed by atoms with Gasteiger partial charge in [-0.1, -0.05) is 23.9 Å². The first-order valence-electron chi connectivity index (χ1n) is 5.65. The highest BCUT2D eigenvalue weighted by atomic mass is 32.2. The van der Waals surface area contributed by atoms with Gasteiger partial charge in [-0.25, -0.2) is 4.98 Å². The minimum Gasteiger partial charge on any atom is -0.480 e. The van der Waals surface area contributed by atoms with Crippen molar-refractivity contribution in [2.75, 3.05) is 0 Å². The molecule has 7 heteroatoms. The molecule has 0 aliphatic rings. The Bertz CT molecular complexity index is 771. The molecule has 1 aromatic carbocycles. The highest BCUT2D eigenvalue weighted by Gasteiger charge is 2.17. The van der Waals surface area contributed by atoms with Crippen LogP contribution in [0.15, 0.2) is 35.7 Å². The Morgan fingerprint density at radius 1 is 1.37 bits per heavy atom. The lowest BCUT2D eigenvalue weighted by molar-refractivity contribution is -0.136. The van der Waals surface area contributed by atoms with E-state index in [2.05, 4.69) is 15.2 Å². The van der Waals surface area contributed by atoms with Gasteiger partial charge in [0.25, 0.3) is 0 Å². The second-order valence-electron chi connectivity index (χ2n) is 4.04. The van der Waals surface area contributed by atoms with E-state index in [9.17, 15) is 4.79 Å². The predicted molar refractivity (Wildman–Crippen MR) is 71.2 cm³/mol. The first-order valence-corrected chi connectivity index (χ1v) is 6.53. The van der Waals surface area contributed by atoms with Crippen LogP contribution in [0.25, 0.3) is 16.6 Å². The Kier molecular flexibility index (Phi) is 2.83. The van der Waals surface area contributed by atoms with Crippen LogP contribution in [0.4, 0.5) is 0 Å². The van der Waals surface area contributed by atoms with Gasteiger partial charge in [0.15, 0.2) is 10.8 Å². The van der Waals surface area contributed by atoms with Crippen molar-refractivity contribution in [2.24, 2.45) is 0 Å². The van der Waals surface area contributed by atoms with Crippen LogP contribution < -0.4 is 0 Å². The summed E-state index contributed by atoms with van der Waals surface area (Å²) in [4.78, 5) is 15.2. The molecule has 0 unspecified atom stereocenters. The Morgan fingerprint density at radius 3 is 2.95 bits per heavy atom. The van der Waals surface area contributed by atoms with E-state index in [-0.39, 0.29) is 0 Å². The summed E-state index contributed by atoms with van der Waals surface area (Å²) in [6.45, 7) is 1.61. The Labute approximate surface area is 112 Å². The Hall–Kier alpha value is -2.15. The average molecular weight is 274 g/mol. The van der Waals surface area contributed by atoms with Gasteiger partial charge in [-0.2, -0.15) is 0 Å². The third-order valence-electron chi connectivity index (χ3n) is 2.75. The van der Waals surface area contributed by atoms with E-state index in [0.717, 1.165) is 22.7 Å². The molecule has 2 heterocycles. The summed E-state index contributed by atoms with van der Waals surface area (Å²) in [5.74, 6) is -0.879. The number of hydrogen-bond acceptors (Lipinski definition) is 5. The second kappa shape index (κ2) is 4.51. The van der Waals surface area contributed by atoms with Crippen molar-refractivity contribution in [1.29, 1.82) is 0 Å². The standard InChI is InChI=1S/C12H10N4O2S/c1-7(11(17)18)19-12-15-14-10-8-4-2-3-5-9(8)13-6-16(10)12/h2-7H,1H3,(H,17,18)/t7-/m1/s1. The summed E-state index contributed by atoms with van der Waals surface area (Å²) in [6.07, 6.45) is 1.62. The van der Waals surface area contributed by atoms with Crippen LogP contribution in [-0.2, 0) is 4.79 Å². The molecule has 0 saturated heterocycles. The minimum atomic E-state index is -0.879. The highest BCUT2D eigenvalue weighted by Crippen LogP contribution is 2.24. The van der Waals surface area contributed by atoms with Gasteiger partial charge in [-0.15, -0.1) is 10.2 Å². The van der Waals surface area contributed by atoms with E-state index in [0.29, 0.717) is 10.8 Å². The largest absolute Gasteiger partial charge is 0.480 e. The number of para-hydroxylation sites is 1. The molecule has 0 bridgehead atoms. The van der Waals surface area contributed by atoms with Crippen molar-refractivity contribution < 1.29 is 9.90 Å². The Balaban J connectivity index is 2.13. The quantitative estimate of drug-likeness (QED) is 0.734. The lowest BCUT2D eigenvalue weighted by Crippen LogP contribution is -2.11. The summed E-state index contributed by atoms with van der Waals surface area (Å²) in [7, 11) is 0. The molecule has 3 aromatic rings. The van der Waals surface area contributed by atoms with Crippen molar-refractivity contribution in [3.8, 4) is 0 Å². The number of carboxylic acid groups (broad SMARTS) is 1. The van der Waals surface area contributed by atoms with E-state index in [4.69, 9.17) is 5.11 Å². The van der Waals surface area contributed by atoms with Crippen molar-refractivity contribution >= 4 is 34.3 Å². The molecule has 6 nitrogen and oxygen atoms in total. The number of carbonyl (C=O) groups is 1. The van der Waals surface area contributed by atoms with Crippen LogP contribution in [0.3, 0.4) is 0 Å². The van der Waals surface area contributed by atoms with Gasteiger partial charge in [0, 0.05) is 5.39 Å². The third kappa shape index (κ3) is 2.01. The molecular weight excluding hydrogens is 264 g/mol. The predicted octanol–water partition coefficient (Wildman–Crippen LogP) is 1.84. The topological polar surface area (TPSA) is 80.4 Å². The molecule has 0 fully saturated rings. The maximum Gasteiger partial charge on any atom is 0.316 e. The van der Waals surface area contributed by atoms with Gasteiger partial charge < -0.3 is 5.11 Å². The van der Waals surface area contributed by atoms with Crippen LogP contribution >= 0.6 is 11.8 Å². The monoisotopic (exact) mass is 274 g/mol. The Morgan fingerprint density at radius 2 is 2.16 bits per heavy atom. The molecule has 1 N–H and O–H groups in total. The molecule has 0 radical (unpaired) electrons. The van der Waals surface area contributed by atoms with Gasteiger partial charge in [-0.3, -0.25) is 9.20 Å². The third-order valence-corrected chi connectivity index (χ3v) is 3.80. The van der Waals surface area contributed by atoms with E-state index >= 15 is 0 Å². The molecule has 3 rings (SSSR count). The van der Waals surface area contributed by atoms with Crippen molar-refractivity contribution in [3.63, 3.8) is 0 Å². The number of rotatable bonds is 3. The minimum absolute atomic E-state index is 0.531. The zero-order valence-electron chi connectivity index (χ0n) is 10.0. The molecule has 19 heavy (non-hydrogen) atoms. The number of thioether (sulfide) groups is 1. The number of fused-ring (bicyclic) bond motifs is 3. The number of benzene rings is 1. The zero-order chi connectivity index (χ0) is 13.4. The van der Waals surface area contributed by atoms with Crippen molar-refractivity contribution in [2.45, 2.75) is 17.3 Å². The molecule has 2 aromatic heterocycles. The lowest BCUT2D eigenvalue weighted by Gasteiger charge is -2.04. The smallest absolute Gasteiger partial charge is 0.316 e. The van der Waals surface area contributed by atoms with Crippen molar-refractivity contribution in [1.82, 2.24) is 19.6 Å². The second-order valence-corrected chi connectivity index (χ2v) is 5.34. The summed E-state index contributed by atoms with van der Waals surface area (Å²) in [5, 5.41) is 17.9. The number of hydrogen-bond donors (Lipinski definition) is 1. The molecule has 0 spiro atoms. The van der Waals surface area contributed by atoms with E-state index in [1.54, 1.807) is 17.7 Å². The van der Waals surface area contributed by atoms with Crippen LogP contribution in [0.2, 0.25) is 0 Å². The molecule has 96 valence electrons. The van der Waals surface area contributed by atoms with Crippen LogP contribution in [-0.4, -0.2) is 35.9 Å². The summed E-state index contributed by atoms with van der Waals surface area (Å²) in [5.41, 5.74) is 1.52. The first kappa shape index (κ1) is 11.9. The normalized spacial score (nSPS) is 12.9. The van der Waals surface area contributed by atoms with E-state index in [1.807, 2.05) is 24.3 Å². The fourth-order valence-electron chi connectivity index (χ4n) is 1.75. The molecule has 1 atom stereocenters. The summed E-state index contributed by atoms with van der Waals surface area (Å²) < 4.78 is 1.71. The summed E-state index contributed by atoms with van der Waals surface area (Å²) in [6, 6.07) is 7.63. The number of carboxylic acids is 1. The average Bonchev–Trinajstić information content (AvgIpc) is 2.82. The zero-order valence-corrected chi connectivity index (χ0v) is 10.8. The van der Waals surface area contributed by atoms with Crippen LogP contribution in [0.1, 0.15) is 6.92 Å². The fourth-order valence-corrected chi connectivity index (χ4v) is 2.50. The van der Waals surface area contributed by atoms with Crippen LogP contribution in [0.5, 0.6) is 0 Å². The SMILES string of the molecule is C[C@@H](Sc1nnc2c3ccccc3ncn12)C(=O)O.